The second-order valence-electron chi connectivity index (χ2n) is 8.12. The molecule has 0 spiro atoms. The maximum Gasteiger partial charge on any atom is 0.417 e. The van der Waals surface area contributed by atoms with E-state index in [1.807, 2.05) is 18.2 Å². The molecular formula is C25H23F3N2O3. The van der Waals surface area contributed by atoms with Gasteiger partial charge in [0, 0.05) is 30.9 Å². The summed E-state index contributed by atoms with van der Waals surface area (Å²) in [6.45, 7) is 1.29. The van der Waals surface area contributed by atoms with Crippen LogP contribution in [0.4, 0.5) is 13.2 Å². The van der Waals surface area contributed by atoms with Crippen LogP contribution >= 0.6 is 0 Å². The Kier molecular flexibility index (Phi) is 6.53. The van der Waals surface area contributed by atoms with Crippen LogP contribution in [0.2, 0.25) is 0 Å². The standard InChI is InChI=1S/C25H23F3N2O3/c26-25(27,28)20-7-8-23(29-16-20)33-22-6-1-3-18(14-22)13-17-9-11-30(12-10-17)24(32)19-4-2-5-21(31)15-19/h1-8,14-17,31H,9-13H2. The van der Waals surface area contributed by atoms with Gasteiger partial charge >= 0.3 is 6.18 Å². The van der Waals surface area contributed by atoms with Crippen molar-refractivity contribution in [1.82, 2.24) is 9.88 Å². The van der Waals surface area contributed by atoms with E-state index in [0.29, 0.717) is 30.3 Å². The first-order chi connectivity index (χ1) is 15.8. The molecule has 2 heterocycles. The fourth-order valence-corrected chi connectivity index (χ4v) is 3.96. The Balaban J connectivity index is 1.32. The molecule has 3 aromatic rings. The van der Waals surface area contributed by atoms with Crippen LogP contribution < -0.4 is 4.74 Å². The van der Waals surface area contributed by atoms with Gasteiger partial charge < -0.3 is 14.7 Å². The number of hydrogen-bond donors (Lipinski definition) is 1. The van der Waals surface area contributed by atoms with Crippen LogP contribution in [0.25, 0.3) is 0 Å². The zero-order chi connectivity index (χ0) is 23.4. The molecule has 4 rings (SSSR count). The van der Waals surface area contributed by atoms with Crippen LogP contribution in [-0.4, -0.2) is 34.0 Å². The van der Waals surface area contributed by atoms with Crippen LogP contribution in [0.5, 0.6) is 17.4 Å². The lowest BCUT2D eigenvalue weighted by Gasteiger charge is -2.32. The van der Waals surface area contributed by atoms with Crippen molar-refractivity contribution in [3.63, 3.8) is 0 Å². The van der Waals surface area contributed by atoms with E-state index in [0.717, 1.165) is 37.1 Å². The van der Waals surface area contributed by atoms with Crippen LogP contribution in [0.3, 0.4) is 0 Å². The molecule has 172 valence electrons. The van der Waals surface area contributed by atoms with E-state index in [4.69, 9.17) is 4.74 Å². The Bertz CT molecular complexity index is 1110. The van der Waals surface area contributed by atoms with Crippen molar-refractivity contribution in [2.24, 2.45) is 5.92 Å². The van der Waals surface area contributed by atoms with Crippen LogP contribution in [0, 0.1) is 5.92 Å². The zero-order valence-corrected chi connectivity index (χ0v) is 17.8. The average molecular weight is 456 g/mol. The molecule has 0 atom stereocenters. The normalized spacial score (nSPS) is 14.8. The zero-order valence-electron chi connectivity index (χ0n) is 17.8. The van der Waals surface area contributed by atoms with Crippen molar-refractivity contribution in [2.45, 2.75) is 25.4 Å². The number of piperidine rings is 1. The number of rotatable bonds is 5. The second-order valence-corrected chi connectivity index (χ2v) is 8.12. The molecule has 1 amide bonds. The summed E-state index contributed by atoms with van der Waals surface area (Å²) in [5.41, 5.74) is 0.713. The number of nitrogens with zero attached hydrogens (tertiary/aromatic N) is 2. The van der Waals surface area contributed by atoms with Crippen molar-refractivity contribution < 1.29 is 27.8 Å². The van der Waals surface area contributed by atoms with Gasteiger partial charge in [-0.05, 0) is 67.1 Å². The molecule has 0 saturated carbocycles. The minimum atomic E-state index is -4.44. The van der Waals surface area contributed by atoms with Gasteiger partial charge in [-0.2, -0.15) is 13.2 Å². The number of amides is 1. The molecule has 1 N–H and O–H groups in total. The topological polar surface area (TPSA) is 62.7 Å². The Hall–Kier alpha value is -3.55. The van der Waals surface area contributed by atoms with Gasteiger partial charge in [-0.3, -0.25) is 4.79 Å². The lowest BCUT2D eigenvalue weighted by molar-refractivity contribution is -0.137. The molecule has 0 radical (unpaired) electrons. The number of alkyl halides is 3. The van der Waals surface area contributed by atoms with Crippen LogP contribution in [0.15, 0.2) is 66.9 Å². The van der Waals surface area contributed by atoms with Crippen molar-refractivity contribution in [3.05, 3.63) is 83.6 Å². The lowest BCUT2D eigenvalue weighted by atomic mass is 9.90. The summed E-state index contributed by atoms with van der Waals surface area (Å²) in [4.78, 5) is 18.2. The van der Waals surface area contributed by atoms with Gasteiger partial charge in [0.25, 0.3) is 5.91 Å². The van der Waals surface area contributed by atoms with Gasteiger partial charge in [-0.25, -0.2) is 4.98 Å². The molecule has 1 saturated heterocycles. The van der Waals surface area contributed by atoms with E-state index >= 15 is 0 Å². The van der Waals surface area contributed by atoms with E-state index in [1.165, 1.54) is 18.2 Å². The van der Waals surface area contributed by atoms with Gasteiger partial charge in [0.1, 0.15) is 11.5 Å². The fraction of sp³-hybridized carbons (Fsp3) is 0.280. The summed E-state index contributed by atoms with van der Waals surface area (Å²) in [6.07, 6.45) is -1.16. The number of pyridine rings is 1. The first-order valence-corrected chi connectivity index (χ1v) is 10.7. The highest BCUT2D eigenvalue weighted by molar-refractivity contribution is 5.94. The molecule has 8 heteroatoms. The molecule has 1 aliphatic rings. The summed E-state index contributed by atoms with van der Waals surface area (Å²) in [5, 5.41) is 9.60. The van der Waals surface area contributed by atoms with Crippen molar-refractivity contribution >= 4 is 5.91 Å². The Morgan fingerprint density at radius 2 is 1.82 bits per heavy atom. The summed E-state index contributed by atoms with van der Waals surface area (Å²) in [6, 6.07) is 15.9. The Morgan fingerprint density at radius 3 is 2.48 bits per heavy atom. The lowest BCUT2D eigenvalue weighted by Crippen LogP contribution is -2.38. The molecule has 0 aliphatic carbocycles. The van der Waals surface area contributed by atoms with Gasteiger partial charge in [0.05, 0.1) is 5.56 Å². The number of hydrogen-bond acceptors (Lipinski definition) is 4. The monoisotopic (exact) mass is 456 g/mol. The number of halogens is 3. The number of phenolic OH excluding ortho intramolecular Hbond substituents is 1. The summed E-state index contributed by atoms with van der Waals surface area (Å²) < 4.78 is 43.7. The molecule has 0 bridgehead atoms. The van der Waals surface area contributed by atoms with E-state index in [9.17, 15) is 23.1 Å². The van der Waals surface area contributed by atoms with E-state index in [2.05, 4.69) is 4.98 Å². The van der Waals surface area contributed by atoms with Crippen molar-refractivity contribution in [1.29, 1.82) is 0 Å². The summed E-state index contributed by atoms with van der Waals surface area (Å²) in [7, 11) is 0. The number of likely N-dealkylation sites (tertiary alicyclic amines) is 1. The summed E-state index contributed by atoms with van der Waals surface area (Å²) in [5.74, 6) is 1.00. The number of ether oxygens (including phenoxy) is 1. The van der Waals surface area contributed by atoms with Gasteiger partial charge in [0.2, 0.25) is 5.88 Å². The van der Waals surface area contributed by atoms with Crippen LogP contribution in [-0.2, 0) is 12.6 Å². The maximum atomic E-state index is 12.7. The number of aromatic nitrogens is 1. The van der Waals surface area contributed by atoms with E-state index < -0.39 is 11.7 Å². The third kappa shape index (κ3) is 5.83. The highest BCUT2D eigenvalue weighted by Gasteiger charge is 2.30. The first-order valence-electron chi connectivity index (χ1n) is 10.7. The number of aromatic hydroxyl groups is 1. The van der Waals surface area contributed by atoms with Crippen molar-refractivity contribution in [2.75, 3.05) is 13.1 Å². The molecule has 2 aromatic carbocycles. The van der Waals surface area contributed by atoms with Gasteiger partial charge in [0.15, 0.2) is 0 Å². The molecule has 0 unspecified atom stereocenters. The number of phenols is 1. The predicted octanol–water partition coefficient (Wildman–Crippen LogP) is 5.69. The minimum Gasteiger partial charge on any atom is -0.508 e. The molecular weight excluding hydrogens is 433 g/mol. The van der Waals surface area contributed by atoms with Gasteiger partial charge in [-0.1, -0.05) is 18.2 Å². The maximum absolute atomic E-state index is 12.7. The number of benzene rings is 2. The molecule has 5 nitrogen and oxygen atoms in total. The summed E-state index contributed by atoms with van der Waals surface area (Å²) >= 11 is 0. The Morgan fingerprint density at radius 1 is 1.06 bits per heavy atom. The smallest absolute Gasteiger partial charge is 0.417 e. The Labute approximate surface area is 189 Å². The second kappa shape index (κ2) is 9.52. The van der Waals surface area contributed by atoms with E-state index in [-0.39, 0.29) is 17.5 Å². The molecule has 1 fully saturated rings. The number of carbonyl (C=O) groups is 1. The largest absolute Gasteiger partial charge is 0.508 e. The SMILES string of the molecule is O=C(c1cccc(O)c1)N1CCC(Cc2cccc(Oc3ccc(C(F)(F)F)cn3)c2)CC1. The highest BCUT2D eigenvalue weighted by atomic mass is 19.4. The molecule has 33 heavy (non-hydrogen) atoms. The number of carbonyl (C=O) groups excluding carboxylic acids is 1. The molecule has 1 aliphatic heterocycles. The first kappa shape index (κ1) is 22.6. The van der Waals surface area contributed by atoms with Crippen molar-refractivity contribution in [3.8, 4) is 17.4 Å². The molecule has 1 aromatic heterocycles. The van der Waals surface area contributed by atoms with E-state index in [1.54, 1.807) is 23.1 Å². The average Bonchev–Trinajstić information content (AvgIpc) is 2.79. The highest BCUT2D eigenvalue weighted by Crippen LogP contribution is 2.30. The van der Waals surface area contributed by atoms with Gasteiger partial charge in [-0.15, -0.1) is 0 Å². The third-order valence-electron chi connectivity index (χ3n) is 5.70. The predicted molar refractivity (Wildman–Crippen MR) is 116 cm³/mol. The quantitative estimate of drug-likeness (QED) is 0.536. The van der Waals surface area contributed by atoms with Crippen LogP contribution in [0.1, 0.15) is 34.3 Å². The minimum absolute atomic E-state index is 0.0735. The third-order valence-corrected chi connectivity index (χ3v) is 5.70. The fourth-order valence-electron chi connectivity index (χ4n) is 3.96.